The second kappa shape index (κ2) is 4.00. The van der Waals surface area contributed by atoms with E-state index in [9.17, 15) is 0 Å². The molecule has 1 nitrogen and oxygen atoms in total. The van der Waals surface area contributed by atoms with Gasteiger partial charge in [-0.05, 0) is 52.5 Å². The van der Waals surface area contributed by atoms with E-state index in [1.807, 2.05) is 0 Å². The van der Waals surface area contributed by atoms with Gasteiger partial charge in [0, 0.05) is 11.6 Å². The molecule has 1 unspecified atom stereocenters. The molecule has 1 aliphatic rings. The van der Waals surface area contributed by atoms with Gasteiger partial charge in [0.15, 0.2) is 0 Å². The van der Waals surface area contributed by atoms with E-state index in [4.69, 9.17) is 0 Å². The maximum absolute atomic E-state index is 2.69. The molecule has 0 aromatic heterocycles. The number of nitrogens with zero attached hydrogens (tertiary/aromatic N) is 1. The van der Waals surface area contributed by atoms with Crippen LogP contribution in [-0.4, -0.2) is 23.0 Å². The lowest BCUT2D eigenvalue weighted by atomic mass is 9.97. The second-order valence-corrected chi connectivity index (χ2v) is 5.59. The maximum atomic E-state index is 2.69. The van der Waals surface area contributed by atoms with Gasteiger partial charge in [-0.2, -0.15) is 0 Å². The summed E-state index contributed by atoms with van der Waals surface area (Å²) in [5.41, 5.74) is 0.453. The summed E-state index contributed by atoms with van der Waals surface area (Å²) in [5, 5.41) is 0. The Kier molecular flexibility index (Phi) is 3.39. The smallest absolute Gasteiger partial charge is 0.0156 e. The molecule has 13 heavy (non-hydrogen) atoms. The minimum absolute atomic E-state index is 0.453. The van der Waals surface area contributed by atoms with Gasteiger partial charge in [0.25, 0.3) is 0 Å². The highest BCUT2D eigenvalue weighted by atomic mass is 15.2. The van der Waals surface area contributed by atoms with Gasteiger partial charge in [-0.3, -0.25) is 4.90 Å². The Balaban J connectivity index is 2.51. The first-order valence-electron chi connectivity index (χ1n) is 5.70. The lowest BCUT2D eigenvalue weighted by Crippen LogP contribution is -2.44. The topological polar surface area (TPSA) is 3.24 Å². The van der Waals surface area contributed by atoms with Gasteiger partial charge < -0.3 is 0 Å². The molecular weight excluding hydrogens is 158 g/mol. The Morgan fingerprint density at radius 1 is 1.23 bits per heavy atom. The van der Waals surface area contributed by atoms with Gasteiger partial charge in [-0.1, -0.05) is 13.8 Å². The predicted octanol–water partition coefficient (Wildman–Crippen LogP) is 3.30. The van der Waals surface area contributed by atoms with Crippen molar-refractivity contribution in [2.75, 3.05) is 6.54 Å². The van der Waals surface area contributed by atoms with Gasteiger partial charge in [-0.25, -0.2) is 0 Å². The average Bonchev–Trinajstić information content (AvgIpc) is 2.27. The highest BCUT2D eigenvalue weighted by molar-refractivity contribution is 4.90. The zero-order valence-corrected chi connectivity index (χ0v) is 9.93. The Morgan fingerprint density at radius 3 is 2.23 bits per heavy atom. The summed E-state index contributed by atoms with van der Waals surface area (Å²) in [6.07, 6.45) is 4.09. The van der Waals surface area contributed by atoms with Crippen molar-refractivity contribution in [3.8, 4) is 0 Å². The molecule has 0 spiro atoms. The quantitative estimate of drug-likeness (QED) is 0.649. The molecule has 1 aliphatic heterocycles. The van der Waals surface area contributed by atoms with Crippen LogP contribution in [0.2, 0.25) is 0 Å². The standard InChI is InChI=1S/C12H25N/c1-10(2)9-11(3)13-8-6-7-12(13,4)5/h10-11H,6-9H2,1-5H3. The van der Waals surface area contributed by atoms with Crippen molar-refractivity contribution in [1.29, 1.82) is 0 Å². The minimum Gasteiger partial charge on any atom is -0.296 e. The zero-order valence-electron chi connectivity index (χ0n) is 9.93. The van der Waals surface area contributed by atoms with Crippen molar-refractivity contribution in [3.63, 3.8) is 0 Å². The van der Waals surface area contributed by atoms with E-state index in [0.717, 1.165) is 12.0 Å². The van der Waals surface area contributed by atoms with E-state index in [1.165, 1.54) is 25.8 Å². The molecule has 1 heteroatoms. The van der Waals surface area contributed by atoms with Crippen LogP contribution in [0.15, 0.2) is 0 Å². The van der Waals surface area contributed by atoms with Gasteiger partial charge in [0.05, 0.1) is 0 Å². The van der Waals surface area contributed by atoms with Crippen LogP contribution in [0, 0.1) is 5.92 Å². The summed E-state index contributed by atoms with van der Waals surface area (Å²) in [6, 6.07) is 0.762. The van der Waals surface area contributed by atoms with Gasteiger partial charge in [0.1, 0.15) is 0 Å². The minimum atomic E-state index is 0.453. The third-order valence-electron chi connectivity index (χ3n) is 3.31. The fourth-order valence-corrected chi connectivity index (χ4v) is 2.75. The summed E-state index contributed by atoms with van der Waals surface area (Å²) in [4.78, 5) is 2.69. The van der Waals surface area contributed by atoms with Gasteiger partial charge >= 0.3 is 0 Å². The SMILES string of the molecule is CC(C)CC(C)N1CCCC1(C)C. The van der Waals surface area contributed by atoms with Crippen LogP contribution in [0.4, 0.5) is 0 Å². The van der Waals surface area contributed by atoms with Crippen LogP contribution >= 0.6 is 0 Å². The van der Waals surface area contributed by atoms with Gasteiger partial charge in [0.2, 0.25) is 0 Å². The van der Waals surface area contributed by atoms with Crippen LogP contribution in [-0.2, 0) is 0 Å². The van der Waals surface area contributed by atoms with E-state index in [-0.39, 0.29) is 0 Å². The molecule has 0 aromatic rings. The number of rotatable bonds is 3. The molecule has 1 fully saturated rings. The number of hydrogen-bond donors (Lipinski definition) is 0. The molecule has 0 radical (unpaired) electrons. The van der Waals surface area contributed by atoms with Crippen LogP contribution < -0.4 is 0 Å². The molecule has 1 heterocycles. The van der Waals surface area contributed by atoms with Crippen LogP contribution in [0.1, 0.15) is 53.9 Å². The summed E-state index contributed by atoms with van der Waals surface area (Å²) in [5.74, 6) is 0.825. The van der Waals surface area contributed by atoms with Crippen LogP contribution in [0.5, 0.6) is 0 Å². The summed E-state index contributed by atoms with van der Waals surface area (Å²) in [6.45, 7) is 13.1. The molecule has 1 rings (SSSR count). The molecule has 0 saturated carbocycles. The molecule has 0 bridgehead atoms. The van der Waals surface area contributed by atoms with Crippen molar-refractivity contribution >= 4 is 0 Å². The Labute approximate surface area is 83.5 Å². The summed E-state index contributed by atoms with van der Waals surface area (Å²) in [7, 11) is 0. The zero-order chi connectivity index (χ0) is 10.1. The lowest BCUT2D eigenvalue weighted by molar-refractivity contribution is 0.111. The first kappa shape index (κ1) is 11.0. The van der Waals surface area contributed by atoms with E-state index < -0.39 is 0 Å². The third-order valence-corrected chi connectivity index (χ3v) is 3.31. The van der Waals surface area contributed by atoms with Crippen molar-refractivity contribution < 1.29 is 0 Å². The summed E-state index contributed by atoms with van der Waals surface area (Å²) < 4.78 is 0. The first-order chi connectivity index (χ1) is 5.93. The van der Waals surface area contributed by atoms with E-state index in [1.54, 1.807) is 0 Å². The molecule has 1 atom stereocenters. The molecule has 0 aromatic carbocycles. The van der Waals surface area contributed by atoms with Gasteiger partial charge in [-0.15, -0.1) is 0 Å². The number of hydrogen-bond acceptors (Lipinski definition) is 1. The third kappa shape index (κ3) is 2.70. The lowest BCUT2D eigenvalue weighted by Gasteiger charge is -2.37. The molecule has 0 amide bonds. The highest BCUT2D eigenvalue weighted by Gasteiger charge is 2.34. The van der Waals surface area contributed by atoms with E-state index >= 15 is 0 Å². The Hall–Kier alpha value is -0.0400. The Morgan fingerprint density at radius 2 is 1.85 bits per heavy atom. The van der Waals surface area contributed by atoms with Crippen molar-refractivity contribution in [2.45, 2.75) is 65.5 Å². The van der Waals surface area contributed by atoms with Crippen LogP contribution in [0.25, 0.3) is 0 Å². The molecule has 0 aliphatic carbocycles. The maximum Gasteiger partial charge on any atom is 0.0156 e. The van der Waals surface area contributed by atoms with Crippen molar-refractivity contribution in [3.05, 3.63) is 0 Å². The molecule has 0 N–H and O–H groups in total. The monoisotopic (exact) mass is 183 g/mol. The van der Waals surface area contributed by atoms with Crippen molar-refractivity contribution in [2.24, 2.45) is 5.92 Å². The fraction of sp³-hybridized carbons (Fsp3) is 1.00. The van der Waals surface area contributed by atoms with Crippen LogP contribution in [0.3, 0.4) is 0 Å². The predicted molar refractivity (Wildman–Crippen MR) is 58.9 cm³/mol. The molecular formula is C12H25N. The van der Waals surface area contributed by atoms with Crippen molar-refractivity contribution in [1.82, 2.24) is 4.90 Å². The highest BCUT2D eigenvalue weighted by Crippen LogP contribution is 2.31. The summed E-state index contributed by atoms with van der Waals surface area (Å²) >= 11 is 0. The second-order valence-electron chi connectivity index (χ2n) is 5.59. The molecule has 78 valence electrons. The molecule has 1 saturated heterocycles. The average molecular weight is 183 g/mol. The number of likely N-dealkylation sites (tertiary alicyclic amines) is 1. The Bertz CT molecular complexity index is 161. The van der Waals surface area contributed by atoms with E-state index in [2.05, 4.69) is 39.5 Å². The fourth-order valence-electron chi connectivity index (χ4n) is 2.75. The normalized spacial score (nSPS) is 25.4. The largest absolute Gasteiger partial charge is 0.296 e. The first-order valence-corrected chi connectivity index (χ1v) is 5.70. The van der Waals surface area contributed by atoms with E-state index in [0.29, 0.717) is 5.54 Å².